The summed E-state index contributed by atoms with van der Waals surface area (Å²) in [5, 5.41) is 3.19. The molecule has 0 aliphatic carbocycles. The van der Waals surface area contributed by atoms with E-state index in [1.54, 1.807) is 13.8 Å². The molecule has 18 heavy (non-hydrogen) atoms. The number of hydrogen-bond acceptors (Lipinski definition) is 2. The molecule has 0 aliphatic rings. The molecule has 0 amide bonds. The third kappa shape index (κ3) is 7.21. The molecule has 5 heteroatoms. The number of nitrogens with one attached hydrogen (secondary N) is 1. The third-order valence-electron chi connectivity index (χ3n) is 3.21. The lowest BCUT2D eigenvalue weighted by atomic mass is 9.85. The molecule has 110 valence electrons. The number of alkyl halides is 3. The largest absolute Gasteiger partial charge is 0.401 e. The van der Waals surface area contributed by atoms with Crippen LogP contribution in [0.3, 0.4) is 0 Å². The zero-order valence-electron chi connectivity index (χ0n) is 12.4. The summed E-state index contributed by atoms with van der Waals surface area (Å²) in [5.41, 5.74) is 0.0512. The topological polar surface area (TPSA) is 15.3 Å². The maximum Gasteiger partial charge on any atom is 0.401 e. The van der Waals surface area contributed by atoms with Gasteiger partial charge in [0.1, 0.15) is 0 Å². The highest BCUT2D eigenvalue weighted by Gasteiger charge is 2.32. The average molecular weight is 268 g/mol. The van der Waals surface area contributed by atoms with E-state index in [1.165, 1.54) is 4.90 Å². The van der Waals surface area contributed by atoms with E-state index in [-0.39, 0.29) is 17.5 Å². The van der Waals surface area contributed by atoms with Gasteiger partial charge < -0.3 is 5.32 Å². The van der Waals surface area contributed by atoms with Crippen LogP contribution in [0, 0.1) is 5.41 Å². The quantitative estimate of drug-likeness (QED) is 0.795. The first-order chi connectivity index (χ1) is 7.97. The van der Waals surface area contributed by atoms with E-state index in [1.807, 2.05) is 7.05 Å². The molecule has 1 N–H and O–H groups in total. The van der Waals surface area contributed by atoms with Gasteiger partial charge in [0.05, 0.1) is 6.54 Å². The first-order valence-electron chi connectivity index (χ1n) is 6.45. The lowest BCUT2D eigenvalue weighted by molar-refractivity contribution is -0.150. The zero-order valence-corrected chi connectivity index (χ0v) is 12.4. The molecule has 0 fully saturated rings. The Kier molecular flexibility index (Phi) is 6.65. The smallest absolute Gasteiger partial charge is 0.316 e. The van der Waals surface area contributed by atoms with E-state index in [2.05, 4.69) is 26.1 Å². The van der Waals surface area contributed by atoms with Crippen LogP contribution in [-0.4, -0.2) is 43.3 Å². The van der Waals surface area contributed by atoms with E-state index in [0.29, 0.717) is 13.0 Å². The van der Waals surface area contributed by atoms with E-state index in [0.717, 1.165) is 0 Å². The van der Waals surface area contributed by atoms with Gasteiger partial charge in [-0.25, -0.2) is 0 Å². The number of rotatable bonds is 6. The van der Waals surface area contributed by atoms with Gasteiger partial charge >= 0.3 is 6.18 Å². The molecule has 1 atom stereocenters. The Bertz CT molecular complexity index is 231. The van der Waals surface area contributed by atoms with Gasteiger partial charge in [0, 0.05) is 18.6 Å². The summed E-state index contributed by atoms with van der Waals surface area (Å²) >= 11 is 0. The van der Waals surface area contributed by atoms with Crippen LogP contribution in [0.25, 0.3) is 0 Å². The lowest BCUT2D eigenvalue weighted by Gasteiger charge is -2.34. The molecular formula is C13H27F3N2. The standard InChI is InChI=1S/C13H27F3N2/c1-10(2)18(9-13(14,15)16)8-7-11(17-6)12(3,4)5/h10-11,17H,7-9H2,1-6H3. The van der Waals surface area contributed by atoms with Crippen molar-refractivity contribution in [2.24, 2.45) is 5.41 Å². The number of nitrogens with zero attached hydrogens (tertiary/aromatic N) is 1. The van der Waals surface area contributed by atoms with Crippen molar-refractivity contribution >= 4 is 0 Å². The van der Waals surface area contributed by atoms with Crippen LogP contribution in [0.15, 0.2) is 0 Å². The minimum atomic E-state index is -4.12. The minimum absolute atomic E-state index is 0.0512. The van der Waals surface area contributed by atoms with Crippen LogP contribution in [0.4, 0.5) is 13.2 Å². The van der Waals surface area contributed by atoms with Crippen LogP contribution in [0.5, 0.6) is 0 Å². The van der Waals surface area contributed by atoms with Crippen molar-refractivity contribution in [3.63, 3.8) is 0 Å². The SMILES string of the molecule is CNC(CCN(CC(F)(F)F)C(C)C)C(C)(C)C. The van der Waals surface area contributed by atoms with Crippen LogP contribution < -0.4 is 5.32 Å². The van der Waals surface area contributed by atoms with Gasteiger partial charge in [0.15, 0.2) is 0 Å². The van der Waals surface area contributed by atoms with Crippen molar-refractivity contribution in [2.75, 3.05) is 20.1 Å². The number of hydrogen-bond donors (Lipinski definition) is 1. The molecule has 0 saturated heterocycles. The first-order valence-corrected chi connectivity index (χ1v) is 6.45. The molecular weight excluding hydrogens is 241 g/mol. The summed E-state index contributed by atoms with van der Waals surface area (Å²) in [7, 11) is 1.86. The fraction of sp³-hybridized carbons (Fsp3) is 1.00. The van der Waals surface area contributed by atoms with Crippen molar-refractivity contribution in [1.82, 2.24) is 10.2 Å². The van der Waals surface area contributed by atoms with Crippen LogP contribution in [0.2, 0.25) is 0 Å². The Morgan fingerprint density at radius 1 is 1.11 bits per heavy atom. The lowest BCUT2D eigenvalue weighted by Crippen LogP contribution is -2.44. The van der Waals surface area contributed by atoms with Crippen LogP contribution >= 0.6 is 0 Å². The zero-order chi connectivity index (χ0) is 14.6. The minimum Gasteiger partial charge on any atom is -0.316 e. The fourth-order valence-corrected chi connectivity index (χ4v) is 2.06. The molecule has 0 radical (unpaired) electrons. The normalized spacial score (nSPS) is 15.5. The monoisotopic (exact) mass is 268 g/mol. The summed E-state index contributed by atoms with van der Waals surface area (Å²) < 4.78 is 37.3. The molecule has 0 aromatic rings. The van der Waals surface area contributed by atoms with Crippen molar-refractivity contribution in [3.05, 3.63) is 0 Å². The molecule has 2 nitrogen and oxygen atoms in total. The van der Waals surface area contributed by atoms with E-state index in [9.17, 15) is 13.2 Å². The van der Waals surface area contributed by atoms with Crippen LogP contribution in [0.1, 0.15) is 41.0 Å². The summed E-state index contributed by atoms with van der Waals surface area (Å²) in [6.45, 7) is 9.52. The first kappa shape index (κ1) is 17.7. The van der Waals surface area contributed by atoms with Gasteiger partial charge in [-0.1, -0.05) is 20.8 Å². The molecule has 0 saturated carbocycles. The molecule has 0 bridgehead atoms. The van der Waals surface area contributed by atoms with Crippen molar-refractivity contribution in [1.29, 1.82) is 0 Å². The molecule has 1 unspecified atom stereocenters. The van der Waals surface area contributed by atoms with Crippen molar-refractivity contribution < 1.29 is 13.2 Å². The van der Waals surface area contributed by atoms with Gasteiger partial charge in [0.2, 0.25) is 0 Å². The Hall–Kier alpha value is -0.290. The Morgan fingerprint density at radius 2 is 1.61 bits per heavy atom. The van der Waals surface area contributed by atoms with Gasteiger partial charge in [-0.3, -0.25) is 4.90 Å². The van der Waals surface area contributed by atoms with E-state index in [4.69, 9.17) is 0 Å². The highest BCUT2D eigenvalue weighted by atomic mass is 19.4. The number of halogens is 3. The predicted molar refractivity (Wildman–Crippen MR) is 69.7 cm³/mol. The molecule has 0 aliphatic heterocycles. The van der Waals surface area contributed by atoms with E-state index < -0.39 is 12.7 Å². The molecule has 0 aromatic heterocycles. The maximum atomic E-state index is 12.4. The second-order valence-corrected chi connectivity index (χ2v) is 6.18. The second kappa shape index (κ2) is 6.75. The van der Waals surface area contributed by atoms with Gasteiger partial charge in [0.25, 0.3) is 0 Å². The predicted octanol–water partition coefficient (Wildman–Crippen LogP) is 3.28. The van der Waals surface area contributed by atoms with Gasteiger partial charge in [-0.15, -0.1) is 0 Å². The van der Waals surface area contributed by atoms with Gasteiger partial charge in [-0.2, -0.15) is 13.2 Å². The maximum absolute atomic E-state index is 12.4. The molecule has 0 rings (SSSR count). The summed E-state index contributed by atoms with van der Waals surface area (Å²) in [4.78, 5) is 1.48. The second-order valence-electron chi connectivity index (χ2n) is 6.18. The molecule has 0 spiro atoms. The Morgan fingerprint density at radius 3 is 1.89 bits per heavy atom. The summed E-state index contributed by atoms with van der Waals surface area (Å²) in [6, 6.07) is 0.121. The summed E-state index contributed by atoms with van der Waals surface area (Å²) in [5.74, 6) is 0. The molecule has 0 aromatic carbocycles. The summed E-state index contributed by atoms with van der Waals surface area (Å²) in [6.07, 6.45) is -3.41. The van der Waals surface area contributed by atoms with Gasteiger partial charge in [-0.05, 0) is 32.7 Å². The fourth-order valence-electron chi connectivity index (χ4n) is 2.06. The van der Waals surface area contributed by atoms with Crippen LogP contribution in [-0.2, 0) is 0 Å². The average Bonchev–Trinajstić information content (AvgIpc) is 2.12. The molecule has 0 heterocycles. The van der Waals surface area contributed by atoms with Crippen molar-refractivity contribution in [3.8, 4) is 0 Å². The van der Waals surface area contributed by atoms with E-state index >= 15 is 0 Å². The van der Waals surface area contributed by atoms with Crippen molar-refractivity contribution in [2.45, 2.75) is 59.3 Å². The Balaban J connectivity index is 4.44. The third-order valence-corrected chi connectivity index (χ3v) is 3.21. The highest BCUT2D eigenvalue weighted by Crippen LogP contribution is 2.23. The highest BCUT2D eigenvalue weighted by molar-refractivity contribution is 4.81. The Labute approximate surface area is 109 Å².